The number of benzene rings is 2. The van der Waals surface area contributed by atoms with Gasteiger partial charge in [-0.2, -0.15) is 9.78 Å². The highest BCUT2D eigenvalue weighted by Gasteiger charge is 2.14. The van der Waals surface area contributed by atoms with Crippen molar-refractivity contribution in [1.82, 2.24) is 19.7 Å². The lowest BCUT2D eigenvalue weighted by Crippen LogP contribution is -2.41. The molecule has 0 saturated carbocycles. The predicted molar refractivity (Wildman–Crippen MR) is 118 cm³/mol. The van der Waals surface area contributed by atoms with Crippen LogP contribution < -0.4 is 16.6 Å². The van der Waals surface area contributed by atoms with Gasteiger partial charge in [-0.05, 0) is 36.2 Å². The molecule has 0 aliphatic heterocycles. The molecular weight excluding hydrogens is 443 g/mol. The lowest BCUT2D eigenvalue weighted by atomic mass is 10.1. The van der Waals surface area contributed by atoms with E-state index in [2.05, 4.69) is 10.4 Å². The van der Waals surface area contributed by atoms with Crippen LogP contribution in [-0.2, 0) is 17.7 Å². The zero-order valence-corrected chi connectivity index (χ0v) is 18.2. The molecular formula is C21H20Cl2N4O4. The van der Waals surface area contributed by atoms with Gasteiger partial charge in [-0.25, -0.2) is 4.79 Å². The summed E-state index contributed by atoms with van der Waals surface area (Å²) in [4.78, 5) is 37.3. The molecule has 0 atom stereocenters. The summed E-state index contributed by atoms with van der Waals surface area (Å²) in [6, 6.07) is 11.9. The van der Waals surface area contributed by atoms with Crippen molar-refractivity contribution in [3.8, 4) is 5.69 Å². The molecule has 0 aliphatic rings. The van der Waals surface area contributed by atoms with Crippen molar-refractivity contribution in [2.75, 3.05) is 20.3 Å². The number of methoxy groups -OCH3 is 1. The molecule has 0 spiro atoms. The smallest absolute Gasteiger partial charge is 0.352 e. The van der Waals surface area contributed by atoms with Crippen LogP contribution in [0.5, 0.6) is 0 Å². The topological polar surface area (TPSA) is 95.2 Å². The Morgan fingerprint density at radius 2 is 1.90 bits per heavy atom. The van der Waals surface area contributed by atoms with E-state index in [1.54, 1.807) is 12.1 Å². The quantitative estimate of drug-likeness (QED) is 0.554. The molecule has 0 saturated heterocycles. The molecule has 0 aliphatic carbocycles. The Balaban J connectivity index is 1.82. The first kappa shape index (κ1) is 22.7. The predicted octanol–water partition coefficient (Wildman–Crippen LogP) is 2.32. The Kier molecular flexibility index (Phi) is 7.62. The first-order chi connectivity index (χ1) is 14.9. The molecule has 1 aromatic heterocycles. The van der Waals surface area contributed by atoms with E-state index in [1.807, 2.05) is 18.2 Å². The maximum absolute atomic E-state index is 12.7. The minimum Gasteiger partial charge on any atom is -0.383 e. The van der Waals surface area contributed by atoms with Gasteiger partial charge in [0.25, 0.3) is 11.5 Å². The molecule has 2 aromatic carbocycles. The first-order valence-corrected chi connectivity index (χ1v) is 10.2. The standard InChI is InChI=1S/C21H20Cl2N4O4/c1-31-11-10-26-19(28)13-25-27(21(26)30)15-6-7-18(23)16(12-15)20(29)24-9-8-14-4-2-3-5-17(14)22/h2-7,12-13H,8-11H2,1H3,(H,24,29). The highest BCUT2D eigenvalue weighted by Crippen LogP contribution is 2.19. The summed E-state index contributed by atoms with van der Waals surface area (Å²) in [5.41, 5.74) is 0.221. The van der Waals surface area contributed by atoms with Crippen molar-refractivity contribution in [3.05, 3.63) is 90.7 Å². The van der Waals surface area contributed by atoms with Gasteiger partial charge in [0.15, 0.2) is 0 Å². The Hall–Kier alpha value is -2.94. The van der Waals surface area contributed by atoms with Crippen LogP contribution in [0.3, 0.4) is 0 Å². The molecule has 3 rings (SSSR count). The third-order valence-electron chi connectivity index (χ3n) is 4.56. The first-order valence-electron chi connectivity index (χ1n) is 9.42. The minimum absolute atomic E-state index is 0.0830. The molecule has 8 nitrogen and oxygen atoms in total. The highest BCUT2D eigenvalue weighted by molar-refractivity contribution is 6.34. The average Bonchev–Trinajstić information content (AvgIpc) is 2.75. The van der Waals surface area contributed by atoms with Crippen LogP contribution in [0.25, 0.3) is 5.69 Å². The molecule has 3 aromatic rings. The van der Waals surface area contributed by atoms with Crippen molar-refractivity contribution in [2.24, 2.45) is 0 Å². The summed E-state index contributed by atoms with van der Waals surface area (Å²) in [5, 5.41) is 7.55. The maximum Gasteiger partial charge on any atom is 0.352 e. The van der Waals surface area contributed by atoms with E-state index >= 15 is 0 Å². The van der Waals surface area contributed by atoms with E-state index < -0.39 is 17.2 Å². The van der Waals surface area contributed by atoms with Crippen LogP contribution in [0.4, 0.5) is 0 Å². The van der Waals surface area contributed by atoms with Crippen LogP contribution >= 0.6 is 23.2 Å². The van der Waals surface area contributed by atoms with Crippen molar-refractivity contribution in [3.63, 3.8) is 0 Å². The Morgan fingerprint density at radius 1 is 1.13 bits per heavy atom. The average molecular weight is 463 g/mol. The second kappa shape index (κ2) is 10.4. The maximum atomic E-state index is 12.7. The van der Waals surface area contributed by atoms with Gasteiger partial charge in [-0.15, -0.1) is 0 Å². The number of halogens is 2. The van der Waals surface area contributed by atoms with Gasteiger partial charge in [0.05, 0.1) is 29.4 Å². The van der Waals surface area contributed by atoms with Gasteiger partial charge < -0.3 is 10.1 Å². The number of amides is 1. The van der Waals surface area contributed by atoms with Gasteiger partial charge in [0.2, 0.25) is 0 Å². The summed E-state index contributed by atoms with van der Waals surface area (Å²) in [7, 11) is 1.47. The third-order valence-corrected chi connectivity index (χ3v) is 5.26. The molecule has 0 fully saturated rings. The summed E-state index contributed by atoms with van der Waals surface area (Å²) in [5.74, 6) is -0.403. The molecule has 0 unspecified atom stereocenters. The minimum atomic E-state index is -0.642. The summed E-state index contributed by atoms with van der Waals surface area (Å²) in [6.45, 7) is 0.627. The highest BCUT2D eigenvalue weighted by atomic mass is 35.5. The molecule has 162 valence electrons. The molecule has 1 N–H and O–H groups in total. The van der Waals surface area contributed by atoms with Gasteiger partial charge in [-0.1, -0.05) is 41.4 Å². The fourth-order valence-corrected chi connectivity index (χ4v) is 3.36. The SMILES string of the molecule is COCCn1c(=O)cnn(-c2ccc(Cl)c(C(=O)NCCc3ccccc3Cl)c2)c1=O. The van der Waals surface area contributed by atoms with Gasteiger partial charge >= 0.3 is 5.69 Å². The lowest BCUT2D eigenvalue weighted by Gasteiger charge is -2.11. The van der Waals surface area contributed by atoms with Crippen LogP contribution in [0, 0.1) is 0 Å². The van der Waals surface area contributed by atoms with Gasteiger partial charge in [-0.3, -0.25) is 14.2 Å². The van der Waals surface area contributed by atoms with Crippen molar-refractivity contribution < 1.29 is 9.53 Å². The monoisotopic (exact) mass is 462 g/mol. The number of ether oxygens (including phenoxy) is 1. The second-order valence-corrected chi connectivity index (χ2v) is 7.40. The van der Waals surface area contributed by atoms with Gasteiger partial charge in [0, 0.05) is 18.7 Å². The zero-order valence-electron chi connectivity index (χ0n) is 16.7. The van der Waals surface area contributed by atoms with E-state index in [4.69, 9.17) is 27.9 Å². The van der Waals surface area contributed by atoms with Crippen molar-refractivity contribution in [1.29, 1.82) is 0 Å². The van der Waals surface area contributed by atoms with Crippen LogP contribution in [0.2, 0.25) is 10.0 Å². The van der Waals surface area contributed by atoms with E-state index in [0.717, 1.165) is 21.0 Å². The summed E-state index contributed by atoms with van der Waals surface area (Å²) in [6.07, 6.45) is 1.59. The number of aromatic nitrogens is 3. The third kappa shape index (κ3) is 5.41. The number of nitrogens with one attached hydrogen (secondary N) is 1. The van der Waals surface area contributed by atoms with Crippen molar-refractivity contribution >= 4 is 29.1 Å². The number of hydrogen-bond acceptors (Lipinski definition) is 5. The van der Waals surface area contributed by atoms with Crippen molar-refractivity contribution in [2.45, 2.75) is 13.0 Å². The number of carbonyl (C=O) groups excluding carboxylic acids is 1. The number of hydrogen-bond donors (Lipinski definition) is 1. The molecule has 0 radical (unpaired) electrons. The lowest BCUT2D eigenvalue weighted by molar-refractivity contribution is 0.0954. The Morgan fingerprint density at radius 3 is 2.65 bits per heavy atom. The van der Waals surface area contributed by atoms with E-state index in [9.17, 15) is 14.4 Å². The molecule has 31 heavy (non-hydrogen) atoms. The fraction of sp³-hybridized carbons (Fsp3) is 0.238. The normalized spacial score (nSPS) is 10.8. The number of nitrogens with zero attached hydrogens (tertiary/aromatic N) is 3. The number of rotatable bonds is 8. The molecule has 10 heteroatoms. The van der Waals surface area contributed by atoms with Crippen LogP contribution in [-0.4, -0.2) is 40.5 Å². The Bertz CT molecular complexity index is 1210. The summed E-state index contributed by atoms with van der Waals surface area (Å²) >= 11 is 12.3. The molecule has 1 amide bonds. The second-order valence-electron chi connectivity index (χ2n) is 6.58. The summed E-state index contributed by atoms with van der Waals surface area (Å²) < 4.78 is 6.98. The van der Waals surface area contributed by atoms with Crippen LogP contribution in [0.1, 0.15) is 15.9 Å². The number of carbonyl (C=O) groups is 1. The van der Waals surface area contributed by atoms with E-state index in [1.165, 1.54) is 19.2 Å². The Labute approximate surface area is 188 Å². The fourth-order valence-electron chi connectivity index (χ4n) is 2.93. The van der Waals surface area contributed by atoms with Gasteiger partial charge in [0.1, 0.15) is 6.20 Å². The van der Waals surface area contributed by atoms with E-state index in [0.29, 0.717) is 23.7 Å². The largest absolute Gasteiger partial charge is 0.383 e. The zero-order chi connectivity index (χ0) is 22.4. The molecule has 0 bridgehead atoms. The van der Waals surface area contributed by atoms with E-state index in [-0.39, 0.29) is 23.7 Å². The van der Waals surface area contributed by atoms with Crippen LogP contribution in [0.15, 0.2) is 58.3 Å². The molecule has 1 heterocycles.